The van der Waals surface area contributed by atoms with Crippen molar-refractivity contribution in [3.63, 3.8) is 0 Å². The van der Waals surface area contributed by atoms with Gasteiger partial charge in [-0.1, -0.05) is 46.3 Å². The van der Waals surface area contributed by atoms with E-state index in [0.717, 1.165) is 20.2 Å². The number of halogens is 2. The van der Waals surface area contributed by atoms with Gasteiger partial charge in [0.15, 0.2) is 0 Å². The van der Waals surface area contributed by atoms with Crippen LogP contribution in [0.2, 0.25) is 0 Å². The smallest absolute Gasteiger partial charge is 0.223 e. The van der Waals surface area contributed by atoms with Gasteiger partial charge in [0.2, 0.25) is 6.17 Å². The van der Waals surface area contributed by atoms with Crippen LogP contribution in [0.5, 0.6) is 0 Å². The minimum Gasteiger partial charge on any atom is -0.331 e. The quantitative estimate of drug-likeness (QED) is 0.787. The average molecular weight is 370 g/mol. The molecule has 2 aromatic carbocycles. The van der Waals surface area contributed by atoms with Crippen LogP contribution in [0.1, 0.15) is 11.7 Å². The predicted molar refractivity (Wildman–Crippen MR) is 78.4 cm³/mol. The average Bonchev–Trinajstić information content (AvgIpc) is 2.38. The van der Waals surface area contributed by atoms with E-state index in [4.69, 9.17) is 0 Å². The molecule has 5 heteroatoms. The van der Waals surface area contributed by atoms with Crippen molar-refractivity contribution in [3.8, 4) is 0 Å². The van der Waals surface area contributed by atoms with Crippen LogP contribution in [0.15, 0.2) is 67.7 Å². The normalized spacial score (nSPS) is 12.8. The molecule has 0 heterocycles. The van der Waals surface area contributed by atoms with Gasteiger partial charge in [-0.2, -0.15) is 0 Å². The van der Waals surface area contributed by atoms with Gasteiger partial charge in [-0.25, -0.2) is 0 Å². The third-order valence-electron chi connectivity index (χ3n) is 2.40. The molecule has 1 atom stereocenters. The highest BCUT2D eigenvalue weighted by atomic mass is 79.9. The van der Waals surface area contributed by atoms with Crippen molar-refractivity contribution < 1.29 is 5.73 Å². The number of hydrogen-bond donors (Lipinski definition) is 1. The van der Waals surface area contributed by atoms with Crippen LogP contribution in [-0.2, 0) is 0 Å². The Balaban J connectivity index is 2.16. The zero-order chi connectivity index (χ0) is 13.0. The number of azo groups is 1. The molecule has 0 fully saturated rings. The van der Waals surface area contributed by atoms with Crippen molar-refractivity contribution in [1.82, 2.24) is 0 Å². The van der Waals surface area contributed by atoms with Crippen LogP contribution >= 0.6 is 31.9 Å². The van der Waals surface area contributed by atoms with Gasteiger partial charge in [0.1, 0.15) is 0 Å². The van der Waals surface area contributed by atoms with E-state index in [0.29, 0.717) is 0 Å². The Bertz CT molecular complexity index is 555. The lowest BCUT2D eigenvalue weighted by Gasteiger charge is -2.02. The summed E-state index contributed by atoms with van der Waals surface area (Å²) in [7, 11) is 0. The first-order valence-corrected chi connectivity index (χ1v) is 6.99. The molecule has 0 aromatic heterocycles. The molecule has 3 N–H and O–H groups in total. The van der Waals surface area contributed by atoms with E-state index in [1.54, 1.807) is 0 Å². The highest BCUT2D eigenvalue weighted by Crippen LogP contribution is 2.29. The van der Waals surface area contributed by atoms with Gasteiger partial charge in [-0.05, 0) is 34.1 Å². The lowest BCUT2D eigenvalue weighted by molar-refractivity contribution is -0.425. The highest BCUT2D eigenvalue weighted by Gasteiger charge is 2.06. The minimum absolute atomic E-state index is 0.193. The highest BCUT2D eigenvalue weighted by molar-refractivity contribution is 9.11. The third kappa shape index (κ3) is 3.48. The summed E-state index contributed by atoms with van der Waals surface area (Å²) in [4.78, 5) is 0. The number of hydrogen-bond acceptors (Lipinski definition) is 2. The topological polar surface area (TPSA) is 52.4 Å². The zero-order valence-corrected chi connectivity index (χ0v) is 12.7. The lowest BCUT2D eigenvalue weighted by Crippen LogP contribution is -2.52. The number of benzene rings is 2. The zero-order valence-electron chi connectivity index (χ0n) is 9.55. The van der Waals surface area contributed by atoms with Crippen molar-refractivity contribution in [3.05, 3.63) is 63.0 Å². The van der Waals surface area contributed by atoms with Crippen molar-refractivity contribution in [1.29, 1.82) is 0 Å². The Hall–Kier alpha value is -1.04. The van der Waals surface area contributed by atoms with Gasteiger partial charge >= 0.3 is 0 Å². The van der Waals surface area contributed by atoms with E-state index in [9.17, 15) is 0 Å². The van der Waals surface area contributed by atoms with Crippen LogP contribution in [0.3, 0.4) is 0 Å². The van der Waals surface area contributed by atoms with Crippen LogP contribution in [-0.4, -0.2) is 0 Å². The molecule has 0 aliphatic heterocycles. The summed E-state index contributed by atoms with van der Waals surface area (Å²) in [5.41, 5.74) is 5.83. The summed E-state index contributed by atoms with van der Waals surface area (Å²) in [5.74, 6) is 0. The molecule has 92 valence electrons. The summed E-state index contributed by atoms with van der Waals surface area (Å²) in [6, 6.07) is 15.7. The lowest BCUT2D eigenvalue weighted by atomic mass is 10.2. The van der Waals surface area contributed by atoms with Crippen LogP contribution in [0, 0.1) is 0 Å². The monoisotopic (exact) mass is 368 g/mol. The second kappa shape index (κ2) is 6.22. The maximum Gasteiger partial charge on any atom is 0.223 e. The van der Waals surface area contributed by atoms with E-state index < -0.39 is 0 Å². The van der Waals surface area contributed by atoms with E-state index in [-0.39, 0.29) is 6.17 Å². The first-order chi connectivity index (χ1) is 8.66. The molecule has 0 aliphatic rings. The Morgan fingerprint density at radius 2 is 1.72 bits per heavy atom. The van der Waals surface area contributed by atoms with Crippen LogP contribution in [0.4, 0.5) is 5.69 Å². The van der Waals surface area contributed by atoms with E-state index in [2.05, 4.69) is 47.8 Å². The molecular formula is C13H12Br2N3+. The fourth-order valence-electron chi connectivity index (χ4n) is 1.44. The SMILES string of the molecule is [NH3+][C@@H](N=Nc1ccc(Br)cc1Br)c1ccccc1. The molecule has 18 heavy (non-hydrogen) atoms. The molecule has 0 radical (unpaired) electrons. The summed E-state index contributed by atoms with van der Waals surface area (Å²) in [6.07, 6.45) is -0.193. The molecule has 0 saturated heterocycles. The second-order valence-corrected chi connectivity index (χ2v) is 5.51. The first-order valence-electron chi connectivity index (χ1n) is 5.41. The maximum atomic E-state index is 4.22. The Morgan fingerprint density at radius 1 is 1.00 bits per heavy atom. The summed E-state index contributed by atoms with van der Waals surface area (Å²) >= 11 is 6.85. The van der Waals surface area contributed by atoms with Crippen molar-refractivity contribution >= 4 is 37.5 Å². The molecule has 2 rings (SSSR count). The maximum absolute atomic E-state index is 4.22. The minimum atomic E-state index is -0.193. The summed E-state index contributed by atoms with van der Waals surface area (Å²) in [5, 5.41) is 8.44. The molecule has 0 unspecified atom stereocenters. The fraction of sp³-hybridized carbons (Fsp3) is 0.0769. The van der Waals surface area contributed by atoms with E-state index in [1.165, 1.54) is 0 Å². The molecule has 0 bridgehead atoms. The van der Waals surface area contributed by atoms with Crippen molar-refractivity contribution in [2.24, 2.45) is 10.2 Å². The van der Waals surface area contributed by atoms with E-state index in [1.807, 2.05) is 48.5 Å². The van der Waals surface area contributed by atoms with Gasteiger partial charge in [0.05, 0.1) is 5.69 Å². The molecule has 0 saturated carbocycles. The first kappa shape index (κ1) is 13.4. The molecule has 0 spiro atoms. The number of rotatable bonds is 3. The summed E-state index contributed by atoms with van der Waals surface area (Å²) in [6.45, 7) is 0. The third-order valence-corrected chi connectivity index (χ3v) is 3.53. The molecule has 2 aromatic rings. The fourth-order valence-corrected chi connectivity index (χ4v) is 2.56. The van der Waals surface area contributed by atoms with Gasteiger partial charge in [0.25, 0.3) is 0 Å². The van der Waals surface area contributed by atoms with E-state index >= 15 is 0 Å². The number of nitrogens with zero attached hydrogens (tertiary/aromatic N) is 2. The largest absolute Gasteiger partial charge is 0.331 e. The predicted octanol–water partition coefficient (Wildman–Crippen LogP) is 4.24. The number of quaternary nitrogens is 1. The molecule has 3 nitrogen and oxygen atoms in total. The van der Waals surface area contributed by atoms with Crippen molar-refractivity contribution in [2.45, 2.75) is 6.17 Å². The van der Waals surface area contributed by atoms with Gasteiger partial charge in [-0.3, -0.25) is 0 Å². The molecule has 0 amide bonds. The van der Waals surface area contributed by atoms with Gasteiger partial charge in [0, 0.05) is 14.5 Å². The Morgan fingerprint density at radius 3 is 2.39 bits per heavy atom. The molecular weight excluding hydrogens is 358 g/mol. The van der Waals surface area contributed by atoms with Crippen LogP contribution in [0.25, 0.3) is 0 Å². The van der Waals surface area contributed by atoms with Gasteiger partial charge < -0.3 is 5.73 Å². The van der Waals surface area contributed by atoms with Crippen LogP contribution < -0.4 is 5.73 Å². The summed E-state index contributed by atoms with van der Waals surface area (Å²) < 4.78 is 1.91. The standard InChI is InChI=1S/C13H11Br2N3/c14-10-6-7-12(11(15)8-10)17-18-13(16)9-4-2-1-3-5-9/h1-8,13H,16H2/p+1/t13-/m0/s1. The van der Waals surface area contributed by atoms with Crippen molar-refractivity contribution in [2.75, 3.05) is 0 Å². The Labute approximate surface area is 122 Å². The Kier molecular flexibility index (Phi) is 4.63. The second-order valence-electron chi connectivity index (χ2n) is 3.74. The molecule has 0 aliphatic carbocycles. The van der Waals surface area contributed by atoms with Gasteiger partial charge in [-0.15, -0.1) is 10.2 Å².